The van der Waals surface area contributed by atoms with Gasteiger partial charge in [-0.15, -0.1) is 0 Å². The number of benzene rings is 1. The summed E-state index contributed by atoms with van der Waals surface area (Å²) in [6, 6.07) is 9.36. The Kier molecular flexibility index (Phi) is 4.40. The summed E-state index contributed by atoms with van der Waals surface area (Å²) < 4.78 is 0. The van der Waals surface area contributed by atoms with Crippen molar-refractivity contribution in [2.45, 2.75) is 70.6 Å². The van der Waals surface area contributed by atoms with Crippen LogP contribution in [0.25, 0.3) is 0 Å². The van der Waals surface area contributed by atoms with E-state index in [9.17, 15) is 0 Å². The lowest BCUT2D eigenvalue weighted by Crippen LogP contribution is -2.55. The Balaban J connectivity index is 1.75. The van der Waals surface area contributed by atoms with E-state index >= 15 is 0 Å². The van der Waals surface area contributed by atoms with Gasteiger partial charge in [-0.1, -0.05) is 56.0 Å². The Morgan fingerprint density at radius 1 is 1.00 bits per heavy atom. The van der Waals surface area contributed by atoms with Gasteiger partial charge in [0.2, 0.25) is 0 Å². The van der Waals surface area contributed by atoms with Crippen molar-refractivity contribution in [1.82, 2.24) is 5.32 Å². The molecular formula is C20H31N. The van der Waals surface area contributed by atoms with E-state index in [1.165, 1.54) is 63.5 Å². The first kappa shape index (κ1) is 15.1. The average molecular weight is 285 g/mol. The topological polar surface area (TPSA) is 12.0 Å². The van der Waals surface area contributed by atoms with E-state index in [1.54, 1.807) is 5.56 Å². The van der Waals surface area contributed by atoms with Gasteiger partial charge in [0, 0.05) is 12.0 Å². The van der Waals surface area contributed by atoms with E-state index in [1.807, 2.05) is 0 Å². The summed E-state index contributed by atoms with van der Waals surface area (Å²) in [5.41, 5.74) is 4.06. The van der Waals surface area contributed by atoms with Crippen molar-refractivity contribution < 1.29 is 0 Å². The summed E-state index contributed by atoms with van der Waals surface area (Å²) in [4.78, 5) is 0. The molecule has 2 aliphatic rings. The van der Waals surface area contributed by atoms with Crippen molar-refractivity contribution in [2.75, 3.05) is 13.1 Å². The fourth-order valence-electron chi connectivity index (χ4n) is 4.88. The van der Waals surface area contributed by atoms with Crippen LogP contribution in [0.4, 0.5) is 0 Å². The average Bonchev–Trinajstić information content (AvgIpc) is 2.47. The van der Waals surface area contributed by atoms with E-state index < -0.39 is 0 Å². The molecule has 0 aromatic heterocycles. The zero-order valence-corrected chi connectivity index (χ0v) is 13.9. The first-order chi connectivity index (χ1) is 10.2. The third kappa shape index (κ3) is 3.04. The Hall–Kier alpha value is -0.820. The lowest BCUT2D eigenvalue weighted by molar-refractivity contribution is -0.0126. The van der Waals surface area contributed by atoms with E-state index in [4.69, 9.17) is 0 Å². The van der Waals surface area contributed by atoms with Gasteiger partial charge in [0.05, 0.1) is 0 Å². The Bertz CT molecular complexity index is 445. The van der Waals surface area contributed by atoms with Crippen LogP contribution in [0.5, 0.6) is 0 Å². The van der Waals surface area contributed by atoms with Gasteiger partial charge in [-0.25, -0.2) is 0 Å². The molecule has 0 atom stereocenters. The van der Waals surface area contributed by atoms with Crippen LogP contribution in [0.2, 0.25) is 0 Å². The number of aryl methyl sites for hydroxylation is 1. The summed E-state index contributed by atoms with van der Waals surface area (Å²) >= 11 is 0. The predicted octanol–water partition coefficient (Wildman–Crippen LogP) is 4.98. The molecule has 2 saturated carbocycles. The molecule has 1 N–H and O–H groups in total. The van der Waals surface area contributed by atoms with Gasteiger partial charge in [0.25, 0.3) is 0 Å². The first-order valence-electron chi connectivity index (χ1n) is 8.96. The minimum Gasteiger partial charge on any atom is -0.316 e. The molecule has 1 aromatic rings. The first-order valence-corrected chi connectivity index (χ1v) is 8.96. The molecule has 0 heterocycles. The molecule has 3 rings (SSSR count). The molecule has 0 amide bonds. The highest BCUT2D eigenvalue weighted by Crippen LogP contribution is 2.61. The third-order valence-corrected chi connectivity index (χ3v) is 5.90. The number of rotatable bonds is 5. The van der Waals surface area contributed by atoms with Crippen LogP contribution in [0.15, 0.2) is 24.3 Å². The Morgan fingerprint density at radius 3 is 2.29 bits per heavy atom. The second kappa shape index (κ2) is 6.12. The molecule has 21 heavy (non-hydrogen) atoms. The summed E-state index contributed by atoms with van der Waals surface area (Å²) in [5, 5.41) is 3.71. The van der Waals surface area contributed by atoms with Gasteiger partial charge in [0.1, 0.15) is 0 Å². The molecular weight excluding hydrogens is 254 g/mol. The zero-order chi connectivity index (χ0) is 14.8. The predicted molar refractivity (Wildman–Crippen MR) is 90.8 cm³/mol. The van der Waals surface area contributed by atoms with Crippen LogP contribution in [0.3, 0.4) is 0 Å². The summed E-state index contributed by atoms with van der Waals surface area (Å²) in [6.07, 6.45) is 11.4. The van der Waals surface area contributed by atoms with Gasteiger partial charge in [-0.3, -0.25) is 0 Å². The highest BCUT2D eigenvalue weighted by molar-refractivity contribution is 5.33. The quantitative estimate of drug-likeness (QED) is 0.753. The molecule has 2 fully saturated rings. The van der Waals surface area contributed by atoms with Gasteiger partial charge < -0.3 is 5.32 Å². The van der Waals surface area contributed by atoms with Crippen molar-refractivity contribution in [3.8, 4) is 0 Å². The molecule has 0 unspecified atom stereocenters. The van der Waals surface area contributed by atoms with Gasteiger partial charge in [-0.2, -0.15) is 0 Å². The number of hydrogen-bond donors (Lipinski definition) is 1. The molecule has 1 nitrogen and oxygen atoms in total. The van der Waals surface area contributed by atoms with Crippen LogP contribution in [0.1, 0.15) is 69.4 Å². The van der Waals surface area contributed by atoms with E-state index in [-0.39, 0.29) is 0 Å². The summed E-state index contributed by atoms with van der Waals surface area (Å²) in [7, 11) is 0. The van der Waals surface area contributed by atoms with E-state index in [0.29, 0.717) is 10.8 Å². The Labute approximate surface area is 130 Å². The minimum absolute atomic E-state index is 0.417. The SMILES string of the molecule is CCCNCC1(c2ccc(C)cc2)CC2(CCCCC2)C1. The highest BCUT2D eigenvalue weighted by atomic mass is 14.9. The second-order valence-electron chi connectivity index (χ2n) is 7.74. The molecule has 0 bridgehead atoms. The van der Waals surface area contributed by atoms with Crippen LogP contribution in [0, 0.1) is 12.3 Å². The van der Waals surface area contributed by atoms with Crippen LogP contribution in [-0.4, -0.2) is 13.1 Å². The number of nitrogens with one attached hydrogen (secondary N) is 1. The summed E-state index contributed by atoms with van der Waals surface area (Å²) in [5.74, 6) is 0. The maximum Gasteiger partial charge on any atom is 0.00883 e. The van der Waals surface area contributed by atoms with Crippen LogP contribution in [-0.2, 0) is 5.41 Å². The molecule has 1 heteroatoms. The van der Waals surface area contributed by atoms with Crippen molar-refractivity contribution >= 4 is 0 Å². The van der Waals surface area contributed by atoms with E-state index in [0.717, 1.165) is 6.54 Å². The maximum absolute atomic E-state index is 3.71. The van der Waals surface area contributed by atoms with Crippen molar-refractivity contribution in [1.29, 1.82) is 0 Å². The fourth-order valence-corrected chi connectivity index (χ4v) is 4.88. The lowest BCUT2D eigenvalue weighted by Gasteiger charge is -2.59. The minimum atomic E-state index is 0.417. The molecule has 0 radical (unpaired) electrons. The van der Waals surface area contributed by atoms with Gasteiger partial charge in [-0.05, 0) is 56.6 Å². The lowest BCUT2D eigenvalue weighted by atomic mass is 9.46. The number of hydrogen-bond acceptors (Lipinski definition) is 1. The fraction of sp³-hybridized carbons (Fsp3) is 0.700. The molecule has 116 valence electrons. The highest BCUT2D eigenvalue weighted by Gasteiger charge is 2.54. The monoisotopic (exact) mass is 285 g/mol. The van der Waals surface area contributed by atoms with Gasteiger partial charge in [0.15, 0.2) is 0 Å². The van der Waals surface area contributed by atoms with Crippen molar-refractivity contribution in [3.05, 3.63) is 35.4 Å². The maximum atomic E-state index is 3.71. The second-order valence-corrected chi connectivity index (χ2v) is 7.74. The smallest absolute Gasteiger partial charge is 0.00883 e. The third-order valence-electron chi connectivity index (χ3n) is 5.90. The molecule has 1 spiro atoms. The summed E-state index contributed by atoms with van der Waals surface area (Å²) in [6.45, 7) is 6.77. The van der Waals surface area contributed by atoms with Gasteiger partial charge >= 0.3 is 0 Å². The molecule has 0 saturated heterocycles. The van der Waals surface area contributed by atoms with Crippen molar-refractivity contribution in [2.24, 2.45) is 5.41 Å². The normalized spacial score (nSPS) is 23.0. The van der Waals surface area contributed by atoms with Crippen LogP contribution >= 0.6 is 0 Å². The van der Waals surface area contributed by atoms with Crippen molar-refractivity contribution in [3.63, 3.8) is 0 Å². The van der Waals surface area contributed by atoms with Crippen LogP contribution < -0.4 is 5.32 Å². The molecule has 1 aromatic carbocycles. The molecule has 0 aliphatic heterocycles. The Morgan fingerprint density at radius 2 is 1.67 bits per heavy atom. The zero-order valence-electron chi connectivity index (χ0n) is 13.9. The van der Waals surface area contributed by atoms with E-state index in [2.05, 4.69) is 43.4 Å². The molecule has 2 aliphatic carbocycles. The largest absolute Gasteiger partial charge is 0.316 e. The standard InChI is InChI=1S/C20H31N/c1-3-13-21-16-20(18-9-7-17(2)8-10-18)14-19(15-20)11-5-4-6-12-19/h7-10,21H,3-6,11-16H2,1-2H3.